The first-order chi connectivity index (χ1) is 8.28. The lowest BCUT2D eigenvalue weighted by Crippen LogP contribution is -1.99. The summed E-state index contributed by atoms with van der Waals surface area (Å²) < 4.78 is 8.67. The van der Waals surface area contributed by atoms with Crippen LogP contribution in [-0.4, -0.2) is 18.8 Å². The van der Waals surface area contributed by atoms with E-state index in [0.29, 0.717) is 4.91 Å². The van der Waals surface area contributed by atoms with Crippen LogP contribution in [0.4, 0.5) is 0 Å². The molecule has 0 unspecified atom stereocenters. The van der Waals surface area contributed by atoms with Crippen LogP contribution in [0.1, 0.15) is 0 Å². The molecule has 8 heteroatoms. The minimum absolute atomic E-state index is 0.239. The molecule has 90 valence electrons. The fourth-order valence-electron chi connectivity index (χ4n) is 1.22. The molecule has 2 nitrogen and oxygen atoms in total. The normalized spacial score (nSPS) is 27.5. The van der Waals surface area contributed by atoms with Gasteiger partial charge >= 0.3 is 5.97 Å². The van der Waals surface area contributed by atoms with E-state index in [-0.39, 0.29) is 5.97 Å². The molecule has 17 heavy (non-hydrogen) atoms. The first kappa shape index (κ1) is 12.8. The number of thioether (sulfide) groups is 4. The molecule has 0 bridgehead atoms. The molecule has 3 rings (SSSR count). The Morgan fingerprint density at radius 3 is 2.88 bits per heavy atom. The molecule has 3 aliphatic rings. The number of methoxy groups -OCH3 is 1. The van der Waals surface area contributed by atoms with Crippen molar-refractivity contribution in [3.8, 4) is 0 Å². The number of ether oxygens (including phenoxy) is 1. The second-order valence-electron chi connectivity index (χ2n) is 3.03. The van der Waals surface area contributed by atoms with Crippen LogP contribution < -0.4 is 0 Å². The topological polar surface area (TPSA) is 26.3 Å². The minimum Gasteiger partial charge on any atom is -0.465 e. The second kappa shape index (κ2) is 5.42. The first-order valence-electron chi connectivity index (χ1n) is 4.53. The van der Waals surface area contributed by atoms with Crippen LogP contribution in [0.5, 0.6) is 0 Å². The predicted molar refractivity (Wildman–Crippen MR) is 84.6 cm³/mol. The standard InChI is InChI=1S/C9H6O2S6/c1-11-6(10)4-2-12-8(14-4)9-15-5-3-13-17-7(5)16-9/h2H,3H2,1H3/b9-8+. The molecule has 0 aliphatic carbocycles. The zero-order chi connectivity index (χ0) is 11.8. The van der Waals surface area contributed by atoms with Crippen LogP contribution in [0, 0.1) is 0 Å². The van der Waals surface area contributed by atoms with Gasteiger partial charge in [0, 0.05) is 10.7 Å². The average molecular weight is 339 g/mol. The van der Waals surface area contributed by atoms with Gasteiger partial charge in [0.05, 0.1) is 19.8 Å². The van der Waals surface area contributed by atoms with E-state index in [9.17, 15) is 4.79 Å². The average Bonchev–Trinajstić information content (AvgIpc) is 3.00. The van der Waals surface area contributed by atoms with Gasteiger partial charge in [-0.3, -0.25) is 0 Å². The highest BCUT2D eigenvalue weighted by atomic mass is 33.1. The molecule has 3 aliphatic heterocycles. The molecule has 0 aromatic heterocycles. The Labute approximate surface area is 124 Å². The van der Waals surface area contributed by atoms with E-state index in [0.717, 1.165) is 5.75 Å². The molecule has 0 atom stereocenters. The molecule has 0 saturated carbocycles. The van der Waals surface area contributed by atoms with Crippen molar-refractivity contribution in [2.75, 3.05) is 12.9 Å². The lowest BCUT2D eigenvalue weighted by atomic mass is 10.6. The smallest absolute Gasteiger partial charge is 0.345 e. The molecule has 0 aromatic carbocycles. The molecule has 3 heterocycles. The fourth-order valence-corrected chi connectivity index (χ4v) is 10.1. The lowest BCUT2D eigenvalue weighted by molar-refractivity contribution is -0.135. The Bertz CT molecular complexity index is 460. The maximum Gasteiger partial charge on any atom is 0.345 e. The number of carbonyl (C=O) groups excluding carboxylic acids is 1. The maximum absolute atomic E-state index is 11.4. The summed E-state index contributed by atoms with van der Waals surface area (Å²) in [6, 6.07) is 0. The van der Waals surface area contributed by atoms with Crippen molar-refractivity contribution < 1.29 is 9.53 Å². The SMILES string of the molecule is COC(=O)C1=CS/C(=C2/SC3=C(SSC3)S2)S1. The molecule has 0 saturated heterocycles. The molecule has 0 amide bonds. The van der Waals surface area contributed by atoms with E-state index in [1.165, 1.54) is 36.5 Å². The Hall–Kier alpha value is 0.790. The zero-order valence-electron chi connectivity index (χ0n) is 8.55. The van der Waals surface area contributed by atoms with Crippen LogP contribution in [0.15, 0.2) is 27.9 Å². The van der Waals surface area contributed by atoms with Gasteiger partial charge in [-0.1, -0.05) is 57.8 Å². The Balaban J connectivity index is 1.71. The Kier molecular flexibility index (Phi) is 4.08. The van der Waals surface area contributed by atoms with Gasteiger partial charge in [0.15, 0.2) is 0 Å². The number of hydrogen-bond acceptors (Lipinski definition) is 8. The summed E-state index contributed by atoms with van der Waals surface area (Å²) in [4.78, 5) is 13.6. The monoisotopic (exact) mass is 338 g/mol. The minimum atomic E-state index is -0.239. The van der Waals surface area contributed by atoms with E-state index < -0.39 is 0 Å². The summed E-state index contributed by atoms with van der Waals surface area (Å²) in [6.45, 7) is 0. The summed E-state index contributed by atoms with van der Waals surface area (Å²) in [6.07, 6.45) is 0. The quantitative estimate of drug-likeness (QED) is 0.503. The Morgan fingerprint density at radius 1 is 1.24 bits per heavy atom. The summed E-state index contributed by atoms with van der Waals surface area (Å²) in [5.41, 5.74) is 0. The molecule has 0 fully saturated rings. The lowest BCUT2D eigenvalue weighted by Gasteiger charge is -2.03. The third kappa shape index (κ3) is 2.57. The van der Waals surface area contributed by atoms with Crippen LogP contribution >= 0.6 is 68.6 Å². The molecule has 0 spiro atoms. The highest BCUT2D eigenvalue weighted by molar-refractivity contribution is 8.81. The number of hydrogen-bond donors (Lipinski definition) is 0. The maximum atomic E-state index is 11.4. The first-order valence-corrected chi connectivity index (χ1v) is 10.2. The highest BCUT2D eigenvalue weighted by Gasteiger charge is 2.31. The van der Waals surface area contributed by atoms with Crippen molar-refractivity contribution in [2.45, 2.75) is 0 Å². The van der Waals surface area contributed by atoms with Gasteiger partial charge in [0.1, 0.15) is 4.91 Å². The van der Waals surface area contributed by atoms with Gasteiger partial charge < -0.3 is 4.74 Å². The number of carbonyl (C=O) groups is 1. The highest BCUT2D eigenvalue weighted by Crippen LogP contribution is 2.65. The van der Waals surface area contributed by atoms with Crippen molar-refractivity contribution in [3.63, 3.8) is 0 Å². The van der Waals surface area contributed by atoms with Gasteiger partial charge in [-0.05, 0) is 16.2 Å². The van der Waals surface area contributed by atoms with E-state index >= 15 is 0 Å². The Morgan fingerprint density at radius 2 is 2.12 bits per heavy atom. The second-order valence-corrected chi connectivity index (χ2v) is 10.2. The van der Waals surface area contributed by atoms with Gasteiger partial charge in [0.2, 0.25) is 0 Å². The van der Waals surface area contributed by atoms with Gasteiger partial charge in [-0.25, -0.2) is 4.79 Å². The fraction of sp³-hybridized carbons (Fsp3) is 0.222. The largest absolute Gasteiger partial charge is 0.465 e. The molecule has 0 radical (unpaired) electrons. The summed E-state index contributed by atoms with van der Waals surface area (Å²) in [5.74, 6) is 0.873. The van der Waals surface area contributed by atoms with E-state index in [4.69, 9.17) is 4.74 Å². The van der Waals surface area contributed by atoms with Crippen molar-refractivity contribution >= 4 is 74.6 Å². The van der Waals surface area contributed by atoms with Crippen LogP contribution in [-0.2, 0) is 9.53 Å². The van der Waals surface area contributed by atoms with Crippen molar-refractivity contribution in [1.82, 2.24) is 0 Å². The van der Waals surface area contributed by atoms with Crippen molar-refractivity contribution in [3.05, 3.63) is 27.9 Å². The number of rotatable bonds is 1. The van der Waals surface area contributed by atoms with E-state index in [2.05, 4.69) is 0 Å². The number of esters is 1. The van der Waals surface area contributed by atoms with E-state index in [1.54, 1.807) is 11.8 Å². The van der Waals surface area contributed by atoms with Crippen molar-refractivity contribution in [1.29, 1.82) is 0 Å². The van der Waals surface area contributed by atoms with Crippen LogP contribution in [0.25, 0.3) is 0 Å². The molecular weight excluding hydrogens is 332 g/mol. The molecule has 0 N–H and O–H groups in total. The van der Waals surface area contributed by atoms with Crippen LogP contribution in [0.2, 0.25) is 0 Å². The summed E-state index contributed by atoms with van der Waals surface area (Å²) in [5, 5.41) is 1.88. The van der Waals surface area contributed by atoms with Crippen LogP contribution in [0.3, 0.4) is 0 Å². The van der Waals surface area contributed by atoms with Gasteiger partial charge in [0.25, 0.3) is 0 Å². The summed E-state index contributed by atoms with van der Waals surface area (Å²) in [7, 11) is 5.18. The zero-order valence-corrected chi connectivity index (χ0v) is 13.4. The predicted octanol–water partition coefficient (Wildman–Crippen LogP) is 4.65. The van der Waals surface area contributed by atoms with Gasteiger partial charge in [-0.2, -0.15) is 0 Å². The van der Waals surface area contributed by atoms with E-state index in [1.807, 2.05) is 50.5 Å². The summed E-state index contributed by atoms with van der Waals surface area (Å²) >= 11 is 6.84. The van der Waals surface area contributed by atoms with Gasteiger partial charge in [-0.15, -0.1) is 0 Å². The molecular formula is C9H6O2S6. The molecule has 0 aromatic rings. The third-order valence-corrected chi connectivity index (χ3v) is 10.5. The third-order valence-electron chi connectivity index (χ3n) is 1.98. The van der Waals surface area contributed by atoms with Crippen molar-refractivity contribution in [2.24, 2.45) is 0 Å².